The summed E-state index contributed by atoms with van der Waals surface area (Å²) < 4.78 is 0. The molecule has 3 nitrogen and oxygen atoms in total. The van der Waals surface area contributed by atoms with E-state index >= 15 is 0 Å². The van der Waals surface area contributed by atoms with Crippen molar-refractivity contribution in [2.45, 2.75) is 58.5 Å². The molecule has 0 amide bonds. The Morgan fingerprint density at radius 1 is 1.24 bits per heavy atom. The number of rotatable bonds is 8. The van der Waals surface area contributed by atoms with E-state index in [0.717, 1.165) is 30.6 Å². The zero-order chi connectivity index (χ0) is 15.4. The molecule has 0 radical (unpaired) electrons. The fourth-order valence-corrected chi connectivity index (χ4v) is 2.54. The smallest absolute Gasteiger partial charge is 0.310 e. The first-order valence-corrected chi connectivity index (χ1v) is 8.03. The van der Waals surface area contributed by atoms with Gasteiger partial charge < -0.3 is 5.11 Å². The summed E-state index contributed by atoms with van der Waals surface area (Å²) in [5.41, 5.74) is 2.17. The van der Waals surface area contributed by atoms with Crippen LogP contribution in [0.5, 0.6) is 0 Å². The molecular weight excluding hydrogens is 262 g/mol. The molecule has 1 aliphatic rings. The van der Waals surface area contributed by atoms with Gasteiger partial charge in [0.2, 0.25) is 0 Å². The van der Waals surface area contributed by atoms with Gasteiger partial charge in [-0.15, -0.1) is 0 Å². The molecule has 1 atom stereocenters. The molecule has 1 fully saturated rings. The number of carbonyl (C=O) groups is 1. The Morgan fingerprint density at radius 2 is 1.86 bits per heavy atom. The van der Waals surface area contributed by atoms with Crippen LogP contribution in [0.4, 0.5) is 0 Å². The summed E-state index contributed by atoms with van der Waals surface area (Å²) in [5.74, 6) is -0.455. The van der Waals surface area contributed by atoms with E-state index in [1.165, 1.54) is 24.8 Å². The lowest BCUT2D eigenvalue weighted by Gasteiger charge is -2.23. The molecule has 0 bridgehead atoms. The third-order valence-electron chi connectivity index (χ3n) is 4.29. The second-order valence-corrected chi connectivity index (χ2v) is 6.69. The number of carboxylic acid groups (broad SMARTS) is 1. The number of benzene rings is 1. The van der Waals surface area contributed by atoms with Crippen LogP contribution < -0.4 is 0 Å². The van der Waals surface area contributed by atoms with Crippen molar-refractivity contribution >= 4 is 5.97 Å². The van der Waals surface area contributed by atoms with Crippen molar-refractivity contribution in [2.24, 2.45) is 5.92 Å². The molecule has 1 unspecified atom stereocenters. The molecule has 0 saturated heterocycles. The largest absolute Gasteiger partial charge is 0.481 e. The van der Waals surface area contributed by atoms with Crippen molar-refractivity contribution in [2.75, 3.05) is 6.54 Å². The van der Waals surface area contributed by atoms with Crippen molar-refractivity contribution in [3.8, 4) is 0 Å². The molecule has 3 heteroatoms. The predicted molar refractivity (Wildman–Crippen MR) is 85.4 cm³/mol. The van der Waals surface area contributed by atoms with Crippen LogP contribution in [0, 0.1) is 5.92 Å². The summed E-state index contributed by atoms with van der Waals surface area (Å²) in [7, 11) is 0. The molecule has 116 valence electrons. The third kappa shape index (κ3) is 4.85. The molecule has 0 spiro atoms. The van der Waals surface area contributed by atoms with Gasteiger partial charge in [-0.2, -0.15) is 0 Å². The summed E-state index contributed by atoms with van der Waals surface area (Å²) in [4.78, 5) is 13.6. The lowest BCUT2D eigenvalue weighted by Crippen LogP contribution is -2.27. The van der Waals surface area contributed by atoms with Crippen LogP contribution in [0.15, 0.2) is 24.3 Å². The highest BCUT2D eigenvalue weighted by Crippen LogP contribution is 2.29. The Morgan fingerprint density at radius 3 is 2.33 bits per heavy atom. The summed E-state index contributed by atoms with van der Waals surface area (Å²) in [6, 6.07) is 8.85. The van der Waals surface area contributed by atoms with Crippen molar-refractivity contribution < 1.29 is 9.90 Å². The van der Waals surface area contributed by atoms with Crippen LogP contribution in [-0.4, -0.2) is 28.6 Å². The fraction of sp³-hybridized carbons (Fsp3) is 0.611. The molecule has 0 aromatic heterocycles. The standard InChI is InChI=1S/C18H27NO2/c1-13(2)10-11-19(17-8-9-17)12-15-4-6-16(7-5-15)14(3)18(20)21/h4-7,13-14,17H,8-12H2,1-3H3,(H,20,21). The molecule has 1 saturated carbocycles. The SMILES string of the molecule is CC(C)CCN(Cc1ccc(C(C)C(=O)O)cc1)C1CC1. The van der Waals surface area contributed by atoms with Gasteiger partial charge in [0.1, 0.15) is 0 Å². The highest BCUT2D eigenvalue weighted by molar-refractivity contribution is 5.75. The first-order chi connectivity index (χ1) is 9.97. The summed E-state index contributed by atoms with van der Waals surface area (Å²) >= 11 is 0. The molecule has 2 rings (SSSR count). The van der Waals surface area contributed by atoms with Gasteiger partial charge in [-0.05, 0) is 49.8 Å². The van der Waals surface area contributed by atoms with Crippen LogP contribution in [0.3, 0.4) is 0 Å². The van der Waals surface area contributed by atoms with Crippen LogP contribution in [0.2, 0.25) is 0 Å². The van der Waals surface area contributed by atoms with Crippen LogP contribution >= 0.6 is 0 Å². The van der Waals surface area contributed by atoms with Crippen LogP contribution in [0.1, 0.15) is 57.1 Å². The fourth-order valence-electron chi connectivity index (χ4n) is 2.54. The Balaban J connectivity index is 1.95. The number of hydrogen-bond acceptors (Lipinski definition) is 2. The number of hydrogen-bond donors (Lipinski definition) is 1. The molecule has 21 heavy (non-hydrogen) atoms. The zero-order valence-corrected chi connectivity index (χ0v) is 13.4. The predicted octanol–water partition coefficient (Wildman–Crippen LogP) is 3.89. The third-order valence-corrected chi connectivity index (χ3v) is 4.29. The van der Waals surface area contributed by atoms with Gasteiger partial charge >= 0.3 is 5.97 Å². The summed E-state index contributed by atoms with van der Waals surface area (Å²) in [6.45, 7) is 8.42. The first-order valence-electron chi connectivity index (χ1n) is 8.03. The lowest BCUT2D eigenvalue weighted by atomic mass is 10.00. The van der Waals surface area contributed by atoms with E-state index in [4.69, 9.17) is 5.11 Å². The average molecular weight is 289 g/mol. The Labute approximate surface area is 128 Å². The molecule has 1 aliphatic carbocycles. The quantitative estimate of drug-likeness (QED) is 0.789. The molecular formula is C18H27NO2. The maximum Gasteiger partial charge on any atom is 0.310 e. The lowest BCUT2D eigenvalue weighted by molar-refractivity contribution is -0.138. The van der Waals surface area contributed by atoms with E-state index in [1.807, 2.05) is 12.1 Å². The summed E-state index contributed by atoms with van der Waals surface area (Å²) in [6.07, 6.45) is 3.89. The Hall–Kier alpha value is -1.35. The monoisotopic (exact) mass is 289 g/mol. The van der Waals surface area contributed by atoms with Gasteiger partial charge in [0.05, 0.1) is 5.92 Å². The number of aliphatic carboxylic acids is 1. The van der Waals surface area contributed by atoms with Gasteiger partial charge in [0.25, 0.3) is 0 Å². The van der Waals surface area contributed by atoms with Crippen molar-refractivity contribution in [1.82, 2.24) is 4.90 Å². The minimum atomic E-state index is -0.765. The maximum atomic E-state index is 11.0. The topological polar surface area (TPSA) is 40.5 Å². The molecule has 0 heterocycles. The zero-order valence-electron chi connectivity index (χ0n) is 13.4. The highest BCUT2D eigenvalue weighted by Gasteiger charge is 2.28. The van der Waals surface area contributed by atoms with Crippen LogP contribution in [0.25, 0.3) is 0 Å². The van der Waals surface area contributed by atoms with Gasteiger partial charge in [-0.3, -0.25) is 9.69 Å². The van der Waals surface area contributed by atoms with E-state index in [1.54, 1.807) is 6.92 Å². The van der Waals surface area contributed by atoms with Gasteiger partial charge in [-0.1, -0.05) is 38.1 Å². The minimum absolute atomic E-state index is 0.431. The number of nitrogens with zero attached hydrogens (tertiary/aromatic N) is 1. The normalized spacial score (nSPS) is 16.4. The highest BCUT2D eigenvalue weighted by atomic mass is 16.4. The Kier molecular flexibility index (Phi) is 5.40. The van der Waals surface area contributed by atoms with Crippen LogP contribution in [-0.2, 0) is 11.3 Å². The molecule has 1 aromatic rings. The Bertz CT molecular complexity index is 463. The molecule has 1 N–H and O–H groups in total. The van der Waals surface area contributed by atoms with E-state index < -0.39 is 11.9 Å². The average Bonchev–Trinajstić information content (AvgIpc) is 3.27. The van der Waals surface area contributed by atoms with E-state index in [0.29, 0.717) is 0 Å². The second-order valence-electron chi connectivity index (χ2n) is 6.69. The molecule has 0 aliphatic heterocycles. The van der Waals surface area contributed by atoms with Crippen molar-refractivity contribution in [3.63, 3.8) is 0 Å². The van der Waals surface area contributed by atoms with E-state index in [2.05, 4.69) is 30.9 Å². The molecule has 1 aromatic carbocycles. The first kappa shape index (κ1) is 16.0. The van der Waals surface area contributed by atoms with Crippen molar-refractivity contribution in [1.29, 1.82) is 0 Å². The van der Waals surface area contributed by atoms with E-state index in [-0.39, 0.29) is 0 Å². The van der Waals surface area contributed by atoms with Gasteiger partial charge in [-0.25, -0.2) is 0 Å². The van der Waals surface area contributed by atoms with Gasteiger partial charge in [0.15, 0.2) is 0 Å². The van der Waals surface area contributed by atoms with E-state index in [9.17, 15) is 4.79 Å². The maximum absolute atomic E-state index is 11.0. The number of carboxylic acids is 1. The van der Waals surface area contributed by atoms with Crippen molar-refractivity contribution in [3.05, 3.63) is 35.4 Å². The minimum Gasteiger partial charge on any atom is -0.481 e. The second kappa shape index (κ2) is 7.08. The summed E-state index contributed by atoms with van der Waals surface area (Å²) in [5, 5.41) is 9.04. The van der Waals surface area contributed by atoms with Gasteiger partial charge in [0, 0.05) is 12.6 Å².